The summed E-state index contributed by atoms with van der Waals surface area (Å²) in [4.78, 5) is 35.1. The van der Waals surface area contributed by atoms with Crippen LogP contribution in [0.1, 0.15) is 21.5 Å². The standard InChI is InChI=1S/C20H22N2O5/c1-13-5-4-6-17(14(13)2)26-12-19(24)27-11-18(23)22-16-9-7-15(8-10-16)20(25)21-3/h4-10H,11-12H2,1-3H3,(H,21,25)(H,22,23). The molecule has 0 aliphatic rings. The van der Waals surface area contributed by atoms with Crippen LogP contribution in [0.5, 0.6) is 5.75 Å². The van der Waals surface area contributed by atoms with E-state index in [0.717, 1.165) is 11.1 Å². The summed E-state index contributed by atoms with van der Waals surface area (Å²) < 4.78 is 10.3. The van der Waals surface area contributed by atoms with Gasteiger partial charge in [0.05, 0.1) is 0 Å². The van der Waals surface area contributed by atoms with E-state index in [-0.39, 0.29) is 12.5 Å². The van der Waals surface area contributed by atoms with Crippen molar-refractivity contribution in [1.82, 2.24) is 5.32 Å². The molecule has 142 valence electrons. The predicted octanol–water partition coefficient (Wildman–Crippen LogP) is 2.22. The minimum atomic E-state index is -0.638. The summed E-state index contributed by atoms with van der Waals surface area (Å²) in [6.45, 7) is 3.15. The highest BCUT2D eigenvalue weighted by Gasteiger charge is 2.11. The van der Waals surface area contributed by atoms with Crippen molar-refractivity contribution in [2.75, 3.05) is 25.6 Å². The van der Waals surface area contributed by atoms with Crippen molar-refractivity contribution in [3.63, 3.8) is 0 Å². The second-order valence-electron chi connectivity index (χ2n) is 5.85. The van der Waals surface area contributed by atoms with Crippen LogP contribution in [0.2, 0.25) is 0 Å². The molecule has 0 radical (unpaired) electrons. The highest BCUT2D eigenvalue weighted by atomic mass is 16.6. The van der Waals surface area contributed by atoms with Crippen molar-refractivity contribution >= 4 is 23.5 Å². The van der Waals surface area contributed by atoms with Crippen LogP contribution in [0.15, 0.2) is 42.5 Å². The molecular formula is C20H22N2O5. The Kier molecular flexibility index (Phi) is 6.93. The van der Waals surface area contributed by atoms with E-state index >= 15 is 0 Å². The van der Waals surface area contributed by atoms with Crippen LogP contribution in [0.4, 0.5) is 5.69 Å². The third-order valence-corrected chi connectivity index (χ3v) is 3.92. The van der Waals surface area contributed by atoms with Gasteiger partial charge in [0.15, 0.2) is 13.2 Å². The summed E-state index contributed by atoms with van der Waals surface area (Å²) in [6.07, 6.45) is 0. The first-order chi connectivity index (χ1) is 12.9. The maximum atomic E-state index is 11.9. The summed E-state index contributed by atoms with van der Waals surface area (Å²) in [5.74, 6) is -0.734. The molecule has 0 fully saturated rings. The molecule has 2 aromatic rings. The number of ether oxygens (including phenoxy) is 2. The van der Waals surface area contributed by atoms with Gasteiger partial charge in [-0.15, -0.1) is 0 Å². The molecule has 2 N–H and O–H groups in total. The van der Waals surface area contributed by atoms with Crippen LogP contribution in [-0.4, -0.2) is 38.0 Å². The minimum Gasteiger partial charge on any atom is -0.482 e. The third kappa shape index (κ3) is 5.85. The molecule has 7 heteroatoms. The van der Waals surface area contributed by atoms with Gasteiger partial charge in [-0.3, -0.25) is 9.59 Å². The molecule has 2 rings (SSSR count). The Morgan fingerprint density at radius 1 is 0.963 bits per heavy atom. The second kappa shape index (κ2) is 9.38. The van der Waals surface area contributed by atoms with Crippen LogP contribution in [0.25, 0.3) is 0 Å². The summed E-state index contributed by atoms with van der Waals surface area (Å²) in [7, 11) is 1.54. The molecule has 0 atom stereocenters. The lowest BCUT2D eigenvalue weighted by Gasteiger charge is -2.11. The number of nitrogens with one attached hydrogen (secondary N) is 2. The van der Waals surface area contributed by atoms with E-state index in [9.17, 15) is 14.4 Å². The Labute approximate surface area is 157 Å². The number of carbonyl (C=O) groups excluding carboxylic acids is 3. The zero-order valence-electron chi connectivity index (χ0n) is 15.5. The Balaban J connectivity index is 1.77. The fourth-order valence-electron chi connectivity index (χ4n) is 2.25. The number of amides is 2. The van der Waals surface area contributed by atoms with Gasteiger partial charge in [0, 0.05) is 18.3 Å². The zero-order valence-corrected chi connectivity index (χ0v) is 15.5. The number of rotatable bonds is 7. The number of carbonyl (C=O) groups is 3. The quantitative estimate of drug-likeness (QED) is 0.729. The van der Waals surface area contributed by atoms with Crippen LogP contribution in [-0.2, 0) is 14.3 Å². The molecule has 0 heterocycles. The van der Waals surface area contributed by atoms with Gasteiger partial charge < -0.3 is 20.1 Å². The van der Waals surface area contributed by atoms with Crippen molar-refractivity contribution in [3.05, 3.63) is 59.2 Å². The van der Waals surface area contributed by atoms with Gasteiger partial charge in [0.1, 0.15) is 5.75 Å². The summed E-state index contributed by atoms with van der Waals surface area (Å²) in [6, 6.07) is 11.9. The van der Waals surface area contributed by atoms with Crippen LogP contribution < -0.4 is 15.4 Å². The number of hydrogen-bond acceptors (Lipinski definition) is 5. The highest BCUT2D eigenvalue weighted by Crippen LogP contribution is 2.20. The van der Waals surface area contributed by atoms with Gasteiger partial charge in [-0.1, -0.05) is 12.1 Å². The molecule has 0 bridgehead atoms. The Hall–Kier alpha value is -3.35. The molecule has 0 aromatic heterocycles. The van der Waals surface area contributed by atoms with E-state index in [0.29, 0.717) is 17.0 Å². The smallest absolute Gasteiger partial charge is 0.344 e. The monoisotopic (exact) mass is 370 g/mol. The SMILES string of the molecule is CNC(=O)c1ccc(NC(=O)COC(=O)COc2cccc(C)c2C)cc1. The van der Waals surface area contributed by atoms with Gasteiger partial charge in [-0.05, 0) is 55.3 Å². The predicted molar refractivity (Wildman–Crippen MR) is 101 cm³/mol. The first-order valence-electron chi connectivity index (χ1n) is 8.37. The van der Waals surface area contributed by atoms with Gasteiger partial charge in [0.25, 0.3) is 11.8 Å². The first-order valence-corrected chi connectivity index (χ1v) is 8.37. The van der Waals surface area contributed by atoms with Crippen LogP contribution >= 0.6 is 0 Å². The van der Waals surface area contributed by atoms with Crippen molar-refractivity contribution in [2.24, 2.45) is 0 Å². The zero-order chi connectivity index (χ0) is 19.8. The molecule has 0 unspecified atom stereocenters. The van der Waals surface area contributed by atoms with Crippen LogP contribution in [0, 0.1) is 13.8 Å². The van der Waals surface area contributed by atoms with Crippen molar-refractivity contribution in [3.8, 4) is 5.75 Å². The van der Waals surface area contributed by atoms with E-state index in [4.69, 9.17) is 9.47 Å². The number of benzene rings is 2. The lowest BCUT2D eigenvalue weighted by atomic mass is 10.1. The summed E-state index contributed by atoms with van der Waals surface area (Å²) >= 11 is 0. The number of anilines is 1. The van der Waals surface area contributed by atoms with Gasteiger partial charge in [0.2, 0.25) is 0 Å². The normalized spacial score (nSPS) is 10.0. The molecule has 27 heavy (non-hydrogen) atoms. The number of aryl methyl sites for hydroxylation is 1. The topological polar surface area (TPSA) is 93.7 Å². The summed E-state index contributed by atoms with van der Waals surface area (Å²) in [5, 5.41) is 5.09. The van der Waals surface area contributed by atoms with E-state index in [1.54, 1.807) is 30.3 Å². The molecular weight excluding hydrogens is 348 g/mol. The largest absolute Gasteiger partial charge is 0.482 e. The van der Waals surface area contributed by atoms with Gasteiger partial charge in [-0.25, -0.2) is 4.79 Å². The molecule has 0 aliphatic carbocycles. The molecule has 0 saturated carbocycles. The van der Waals surface area contributed by atoms with Crippen molar-refractivity contribution in [1.29, 1.82) is 0 Å². The average molecular weight is 370 g/mol. The Morgan fingerprint density at radius 2 is 1.67 bits per heavy atom. The lowest BCUT2D eigenvalue weighted by molar-refractivity contribution is -0.149. The molecule has 0 aliphatic heterocycles. The maximum absolute atomic E-state index is 11.9. The third-order valence-electron chi connectivity index (χ3n) is 3.92. The van der Waals surface area contributed by atoms with E-state index in [1.165, 1.54) is 7.05 Å². The molecule has 0 saturated heterocycles. The molecule has 2 aromatic carbocycles. The second-order valence-corrected chi connectivity index (χ2v) is 5.85. The highest BCUT2D eigenvalue weighted by molar-refractivity contribution is 5.96. The fraction of sp³-hybridized carbons (Fsp3) is 0.250. The molecule has 2 amide bonds. The Morgan fingerprint density at radius 3 is 2.33 bits per heavy atom. The number of esters is 1. The average Bonchev–Trinajstić information content (AvgIpc) is 2.67. The van der Waals surface area contributed by atoms with Crippen molar-refractivity contribution in [2.45, 2.75) is 13.8 Å². The lowest BCUT2D eigenvalue weighted by Crippen LogP contribution is -2.24. The van der Waals surface area contributed by atoms with Crippen LogP contribution in [0.3, 0.4) is 0 Å². The fourth-order valence-corrected chi connectivity index (χ4v) is 2.25. The minimum absolute atomic E-state index is 0.217. The molecule has 0 spiro atoms. The number of hydrogen-bond donors (Lipinski definition) is 2. The summed E-state index contributed by atoms with van der Waals surface area (Å²) in [5.41, 5.74) is 2.98. The van der Waals surface area contributed by atoms with E-state index < -0.39 is 18.5 Å². The molecule has 7 nitrogen and oxygen atoms in total. The first kappa shape index (κ1) is 20.0. The maximum Gasteiger partial charge on any atom is 0.344 e. The van der Waals surface area contributed by atoms with Crippen molar-refractivity contribution < 1.29 is 23.9 Å². The van der Waals surface area contributed by atoms with E-state index in [1.807, 2.05) is 26.0 Å². The van der Waals surface area contributed by atoms with E-state index in [2.05, 4.69) is 10.6 Å². The Bertz CT molecular complexity index is 831. The van der Waals surface area contributed by atoms with Gasteiger partial charge >= 0.3 is 5.97 Å². The van der Waals surface area contributed by atoms with Gasteiger partial charge in [-0.2, -0.15) is 0 Å².